The fraction of sp³-hybridized carbons (Fsp3) is 0.889. The van der Waals surface area contributed by atoms with E-state index in [9.17, 15) is 9.90 Å². The van der Waals surface area contributed by atoms with Gasteiger partial charge in [0.25, 0.3) is 0 Å². The number of rotatable bonds is 5. The summed E-state index contributed by atoms with van der Waals surface area (Å²) in [6.07, 6.45) is 2.22. The Balaban J connectivity index is 2.10. The number of ether oxygens (including phenoxy) is 1. The van der Waals surface area contributed by atoms with Gasteiger partial charge in [-0.1, -0.05) is 0 Å². The minimum Gasteiger partial charge on any atom is -0.392 e. The molecule has 0 aliphatic carbocycles. The van der Waals surface area contributed by atoms with Gasteiger partial charge < -0.3 is 9.84 Å². The minimum atomic E-state index is -0.403. The molecule has 1 aliphatic rings. The molecule has 75 valence electrons. The zero-order chi connectivity index (χ0) is 9.52. The molecule has 1 fully saturated rings. The van der Waals surface area contributed by atoms with Crippen LogP contribution in [0.2, 0.25) is 0 Å². The highest BCUT2D eigenvalue weighted by molar-refractivity contribution is 5.50. The molecule has 0 spiro atoms. The van der Waals surface area contributed by atoms with E-state index < -0.39 is 6.10 Å². The van der Waals surface area contributed by atoms with E-state index in [4.69, 9.17) is 4.74 Å². The van der Waals surface area contributed by atoms with Crippen LogP contribution in [-0.2, 0) is 9.53 Å². The van der Waals surface area contributed by atoms with E-state index >= 15 is 0 Å². The van der Waals surface area contributed by atoms with E-state index in [0.29, 0.717) is 19.4 Å². The van der Waals surface area contributed by atoms with E-state index in [1.807, 2.05) is 0 Å². The fourth-order valence-corrected chi connectivity index (χ4v) is 1.40. The van der Waals surface area contributed by atoms with E-state index in [0.717, 1.165) is 26.3 Å². The third-order valence-electron chi connectivity index (χ3n) is 2.15. The van der Waals surface area contributed by atoms with E-state index in [1.165, 1.54) is 0 Å². The maximum absolute atomic E-state index is 9.93. The summed E-state index contributed by atoms with van der Waals surface area (Å²) >= 11 is 0. The van der Waals surface area contributed by atoms with Crippen molar-refractivity contribution in [2.45, 2.75) is 18.9 Å². The van der Waals surface area contributed by atoms with Crippen LogP contribution in [0.15, 0.2) is 0 Å². The molecule has 1 aliphatic heterocycles. The second kappa shape index (κ2) is 6.07. The number of hydrogen-bond donors (Lipinski definition) is 1. The van der Waals surface area contributed by atoms with Crippen LogP contribution in [0.4, 0.5) is 0 Å². The summed E-state index contributed by atoms with van der Waals surface area (Å²) in [6, 6.07) is 0. The molecule has 1 atom stereocenters. The summed E-state index contributed by atoms with van der Waals surface area (Å²) in [5.41, 5.74) is 0. The molecule has 4 heteroatoms. The van der Waals surface area contributed by atoms with Crippen molar-refractivity contribution >= 4 is 6.29 Å². The Kier molecular flexibility index (Phi) is 4.97. The molecule has 1 radical (unpaired) electrons. The quantitative estimate of drug-likeness (QED) is 0.633. The molecule has 13 heavy (non-hydrogen) atoms. The fourth-order valence-electron chi connectivity index (χ4n) is 1.40. The monoisotopic (exact) mass is 186 g/mol. The van der Waals surface area contributed by atoms with Gasteiger partial charge in [-0.3, -0.25) is 9.69 Å². The number of β-amino-alcohol motifs (C(OH)–C–C–N with tert-alkyl or cyclic N) is 1. The van der Waals surface area contributed by atoms with Gasteiger partial charge >= 0.3 is 0 Å². The van der Waals surface area contributed by atoms with Crippen molar-refractivity contribution in [3.8, 4) is 0 Å². The molecule has 0 aromatic rings. The van der Waals surface area contributed by atoms with Gasteiger partial charge in [0.1, 0.15) is 0 Å². The SMILES string of the molecule is O=[C]CCC(O)CN1CCOCC1. The molecule has 1 heterocycles. The molecule has 1 unspecified atom stereocenters. The van der Waals surface area contributed by atoms with Gasteiger partial charge in [-0.2, -0.15) is 0 Å². The molecular weight excluding hydrogens is 170 g/mol. The largest absolute Gasteiger partial charge is 0.392 e. The smallest absolute Gasteiger partial charge is 0.198 e. The first kappa shape index (κ1) is 10.6. The van der Waals surface area contributed by atoms with Crippen LogP contribution in [0.5, 0.6) is 0 Å². The summed E-state index contributed by atoms with van der Waals surface area (Å²) in [7, 11) is 0. The number of aliphatic hydroxyl groups is 1. The number of aliphatic hydroxyl groups excluding tert-OH is 1. The predicted molar refractivity (Wildman–Crippen MR) is 48.2 cm³/mol. The molecule has 0 aromatic heterocycles. The highest BCUT2D eigenvalue weighted by atomic mass is 16.5. The van der Waals surface area contributed by atoms with Gasteiger partial charge in [-0.25, -0.2) is 0 Å². The maximum Gasteiger partial charge on any atom is 0.198 e. The summed E-state index contributed by atoms with van der Waals surface area (Å²) in [5.74, 6) is 0. The van der Waals surface area contributed by atoms with Crippen molar-refractivity contribution in [3.05, 3.63) is 0 Å². The van der Waals surface area contributed by atoms with E-state index in [-0.39, 0.29) is 0 Å². The topological polar surface area (TPSA) is 49.8 Å². The van der Waals surface area contributed by atoms with Crippen molar-refractivity contribution in [1.29, 1.82) is 0 Å². The Morgan fingerprint density at radius 3 is 2.77 bits per heavy atom. The Hall–Kier alpha value is -0.450. The molecule has 0 aromatic carbocycles. The first-order valence-corrected chi connectivity index (χ1v) is 4.66. The molecule has 4 nitrogen and oxygen atoms in total. The Bertz CT molecular complexity index is 146. The minimum absolute atomic E-state index is 0.325. The molecule has 0 saturated carbocycles. The van der Waals surface area contributed by atoms with Gasteiger partial charge in [-0.15, -0.1) is 0 Å². The van der Waals surface area contributed by atoms with Gasteiger partial charge in [0.15, 0.2) is 6.29 Å². The van der Waals surface area contributed by atoms with Crippen LogP contribution >= 0.6 is 0 Å². The molecule has 1 saturated heterocycles. The van der Waals surface area contributed by atoms with Gasteiger partial charge in [0.05, 0.1) is 19.3 Å². The number of morpholine rings is 1. The van der Waals surface area contributed by atoms with Crippen LogP contribution in [0.25, 0.3) is 0 Å². The molecule has 1 N–H and O–H groups in total. The van der Waals surface area contributed by atoms with Crippen LogP contribution in [0.1, 0.15) is 12.8 Å². The lowest BCUT2D eigenvalue weighted by Crippen LogP contribution is -2.40. The third kappa shape index (κ3) is 4.36. The van der Waals surface area contributed by atoms with Gasteiger partial charge in [-0.05, 0) is 6.42 Å². The lowest BCUT2D eigenvalue weighted by Gasteiger charge is -2.28. The van der Waals surface area contributed by atoms with Crippen molar-refractivity contribution in [1.82, 2.24) is 4.90 Å². The van der Waals surface area contributed by atoms with Crippen LogP contribution in [0, 0.1) is 0 Å². The average Bonchev–Trinajstić information content (AvgIpc) is 2.16. The zero-order valence-corrected chi connectivity index (χ0v) is 7.74. The summed E-state index contributed by atoms with van der Waals surface area (Å²) < 4.78 is 5.18. The first-order chi connectivity index (χ1) is 6.33. The Labute approximate surface area is 78.5 Å². The lowest BCUT2D eigenvalue weighted by molar-refractivity contribution is 0.0136. The highest BCUT2D eigenvalue weighted by Gasteiger charge is 2.14. The van der Waals surface area contributed by atoms with Crippen molar-refractivity contribution in [2.75, 3.05) is 32.8 Å². The lowest BCUT2D eigenvalue weighted by atomic mass is 10.2. The maximum atomic E-state index is 9.93. The van der Waals surface area contributed by atoms with Crippen LogP contribution < -0.4 is 0 Å². The van der Waals surface area contributed by atoms with Gasteiger partial charge in [0.2, 0.25) is 0 Å². The van der Waals surface area contributed by atoms with Gasteiger partial charge in [0, 0.05) is 26.1 Å². The molecule has 1 rings (SSSR count). The Morgan fingerprint density at radius 1 is 1.46 bits per heavy atom. The summed E-state index contributed by atoms with van der Waals surface area (Å²) in [6.45, 7) is 3.88. The first-order valence-electron chi connectivity index (χ1n) is 4.66. The normalized spacial score (nSPS) is 21.3. The standard InChI is InChI=1S/C9H16NO3/c11-5-1-2-9(12)8-10-3-6-13-7-4-10/h9,12H,1-4,6-8H2. The van der Waals surface area contributed by atoms with E-state index in [2.05, 4.69) is 4.90 Å². The second-order valence-corrected chi connectivity index (χ2v) is 3.25. The average molecular weight is 186 g/mol. The van der Waals surface area contributed by atoms with E-state index in [1.54, 1.807) is 6.29 Å². The molecular formula is C9H16NO3. The molecule has 0 bridgehead atoms. The summed E-state index contributed by atoms with van der Waals surface area (Å²) in [5, 5.41) is 9.47. The van der Waals surface area contributed by atoms with Crippen molar-refractivity contribution < 1.29 is 14.6 Å². The highest BCUT2D eigenvalue weighted by Crippen LogP contribution is 2.02. The molecule has 0 amide bonds. The van der Waals surface area contributed by atoms with Crippen molar-refractivity contribution in [2.24, 2.45) is 0 Å². The number of carbonyl (C=O) groups excluding carboxylic acids is 1. The Morgan fingerprint density at radius 2 is 2.15 bits per heavy atom. The zero-order valence-electron chi connectivity index (χ0n) is 7.74. The van der Waals surface area contributed by atoms with Crippen molar-refractivity contribution in [3.63, 3.8) is 0 Å². The van der Waals surface area contributed by atoms with Crippen LogP contribution in [0.3, 0.4) is 0 Å². The second-order valence-electron chi connectivity index (χ2n) is 3.25. The van der Waals surface area contributed by atoms with Crippen LogP contribution in [-0.4, -0.2) is 55.2 Å². The number of hydrogen-bond acceptors (Lipinski definition) is 4. The predicted octanol–water partition coefficient (Wildman–Crippen LogP) is -0.431. The summed E-state index contributed by atoms with van der Waals surface area (Å²) in [4.78, 5) is 12.1. The number of nitrogens with zero attached hydrogens (tertiary/aromatic N) is 1. The third-order valence-corrected chi connectivity index (χ3v) is 2.15.